The summed E-state index contributed by atoms with van der Waals surface area (Å²) in [6, 6.07) is 4.02. The molecule has 1 aromatic rings. The molecule has 18 heavy (non-hydrogen) atoms. The second-order valence-electron chi connectivity index (χ2n) is 5.11. The van der Waals surface area contributed by atoms with Crippen LogP contribution in [0.2, 0.25) is 0 Å². The molecule has 0 heterocycles. The Hall–Kier alpha value is -1.06. The first-order valence-electron chi connectivity index (χ1n) is 6.50. The van der Waals surface area contributed by atoms with Crippen molar-refractivity contribution >= 4 is 0 Å². The number of ether oxygens (including phenoxy) is 2. The zero-order chi connectivity index (χ0) is 13.3. The first kappa shape index (κ1) is 13.4. The molecule has 1 aromatic carbocycles. The summed E-state index contributed by atoms with van der Waals surface area (Å²) in [4.78, 5) is 0. The van der Waals surface area contributed by atoms with Crippen molar-refractivity contribution in [3.63, 3.8) is 0 Å². The summed E-state index contributed by atoms with van der Waals surface area (Å²) in [5.41, 5.74) is 2.39. The third-order valence-electron chi connectivity index (χ3n) is 3.92. The van der Waals surface area contributed by atoms with Crippen molar-refractivity contribution in [2.45, 2.75) is 45.3 Å². The van der Waals surface area contributed by atoms with Crippen molar-refractivity contribution in [1.82, 2.24) is 0 Å². The smallest absolute Gasteiger partial charge is 0.128 e. The lowest BCUT2D eigenvalue weighted by Crippen LogP contribution is -2.46. The van der Waals surface area contributed by atoms with E-state index in [1.54, 1.807) is 7.11 Å². The molecule has 1 aliphatic carbocycles. The average molecular weight is 250 g/mol. The largest absolute Gasteiger partial charge is 0.496 e. The predicted molar refractivity (Wildman–Crippen MR) is 71.0 cm³/mol. The Bertz CT molecular complexity index is 434. The summed E-state index contributed by atoms with van der Waals surface area (Å²) in [6.45, 7) is 6.76. The van der Waals surface area contributed by atoms with Gasteiger partial charge in [-0.3, -0.25) is 0 Å². The number of benzene rings is 1. The third-order valence-corrected chi connectivity index (χ3v) is 3.92. The van der Waals surface area contributed by atoms with Gasteiger partial charge in [0, 0.05) is 25.0 Å². The van der Waals surface area contributed by atoms with E-state index in [1.807, 2.05) is 26.0 Å². The lowest BCUT2D eigenvalue weighted by Gasteiger charge is -2.44. The Labute approximate surface area is 109 Å². The topological polar surface area (TPSA) is 38.7 Å². The molecule has 0 bridgehead atoms. The summed E-state index contributed by atoms with van der Waals surface area (Å²) < 4.78 is 11.0. The van der Waals surface area contributed by atoms with Crippen LogP contribution >= 0.6 is 0 Å². The fraction of sp³-hybridized carbons (Fsp3) is 0.600. The normalized spacial score (nSPS) is 26.8. The summed E-state index contributed by atoms with van der Waals surface area (Å²) in [5.74, 6) is 0.812. The van der Waals surface area contributed by atoms with Crippen LogP contribution in [-0.2, 0) is 10.3 Å². The van der Waals surface area contributed by atoms with Gasteiger partial charge < -0.3 is 14.6 Å². The van der Waals surface area contributed by atoms with Gasteiger partial charge in [-0.25, -0.2) is 0 Å². The van der Waals surface area contributed by atoms with E-state index < -0.39 is 5.60 Å². The first-order chi connectivity index (χ1) is 8.51. The Morgan fingerprint density at radius 2 is 2.00 bits per heavy atom. The van der Waals surface area contributed by atoms with Crippen molar-refractivity contribution in [3.8, 4) is 5.75 Å². The molecule has 2 rings (SSSR count). The van der Waals surface area contributed by atoms with Crippen molar-refractivity contribution in [2.24, 2.45) is 0 Å². The van der Waals surface area contributed by atoms with Crippen LogP contribution in [0.15, 0.2) is 12.1 Å². The van der Waals surface area contributed by atoms with Gasteiger partial charge in [0.15, 0.2) is 0 Å². The Morgan fingerprint density at radius 1 is 1.33 bits per heavy atom. The molecule has 0 atom stereocenters. The van der Waals surface area contributed by atoms with E-state index in [2.05, 4.69) is 6.92 Å². The monoisotopic (exact) mass is 250 g/mol. The number of aliphatic hydroxyl groups is 1. The average Bonchev–Trinajstić information content (AvgIpc) is 2.30. The summed E-state index contributed by atoms with van der Waals surface area (Å²) in [5, 5.41) is 10.6. The molecule has 0 spiro atoms. The third kappa shape index (κ3) is 2.13. The van der Waals surface area contributed by atoms with E-state index >= 15 is 0 Å². The molecule has 3 heteroatoms. The molecule has 1 fully saturated rings. The number of hydrogen-bond acceptors (Lipinski definition) is 3. The molecule has 0 saturated heterocycles. The van der Waals surface area contributed by atoms with Crippen molar-refractivity contribution < 1.29 is 14.6 Å². The van der Waals surface area contributed by atoms with E-state index in [0.717, 1.165) is 16.9 Å². The molecule has 0 radical (unpaired) electrons. The van der Waals surface area contributed by atoms with Crippen LogP contribution in [0.25, 0.3) is 0 Å². The highest BCUT2D eigenvalue weighted by atomic mass is 16.5. The minimum atomic E-state index is -0.788. The molecule has 1 saturated carbocycles. The molecular formula is C15H22O3. The van der Waals surface area contributed by atoms with Gasteiger partial charge in [0.1, 0.15) is 5.75 Å². The lowest BCUT2D eigenvalue weighted by molar-refractivity contribution is -0.143. The summed E-state index contributed by atoms with van der Waals surface area (Å²) >= 11 is 0. The second-order valence-corrected chi connectivity index (χ2v) is 5.11. The Kier molecular flexibility index (Phi) is 3.64. The zero-order valence-electron chi connectivity index (χ0n) is 11.6. The molecule has 0 amide bonds. The van der Waals surface area contributed by atoms with Crippen LogP contribution in [-0.4, -0.2) is 24.9 Å². The summed E-state index contributed by atoms with van der Waals surface area (Å²) in [7, 11) is 1.66. The van der Waals surface area contributed by atoms with Crippen LogP contribution in [0.4, 0.5) is 0 Å². The van der Waals surface area contributed by atoms with Gasteiger partial charge in [-0.2, -0.15) is 0 Å². The van der Waals surface area contributed by atoms with Gasteiger partial charge in [-0.15, -0.1) is 0 Å². The van der Waals surface area contributed by atoms with Crippen LogP contribution in [0.1, 0.15) is 36.5 Å². The maximum absolute atomic E-state index is 10.6. The lowest BCUT2D eigenvalue weighted by atomic mass is 9.72. The van der Waals surface area contributed by atoms with E-state index in [4.69, 9.17) is 9.47 Å². The molecule has 3 nitrogen and oxygen atoms in total. The first-order valence-corrected chi connectivity index (χ1v) is 6.50. The zero-order valence-corrected chi connectivity index (χ0v) is 11.6. The number of methoxy groups -OCH3 is 1. The highest BCUT2D eigenvalue weighted by Gasteiger charge is 2.46. The predicted octanol–water partition coefficient (Wildman–Crippen LogP) is 2.70. The van der Waals surface area contributed by atoms with Gasteiger partial charge >= 0.3 is 0 Å². The molecule has 0 aromatic heterocycles. The standard InChI is InChI=1S/C15H22O3/c1-5-18-12-8-15(16,9-12)13-7-6-10(2)11(3)14(13)17-4/h6-7,12,16H,5,8-9H2,1-4H3. The van der Waals surface area contributed by atoms with E-state index in [0.29, 0.717) is 19.4 Å². The number of aryl methyl sites for hydroxylation is 1. The number of hydrogen-bond donors (Lipinski definition) is 1. The Balaban J connectivity index is 2.27. The molecule has 1 N–H and O–H groups in total. The minimum absolute atomic E-state index is 0.173. The quantitative estimate of drug-likeness (QED) is 0.893. The molecule has 100 valence electrons. The minimum Gasteiger partial charge on any atom is -0.496 e. The Morgan fingerprint density at radius 3 is 2.56 bits per heavy atom. The molecule has 1 aliphatic rings. The fourth-order valence-electron chi connectivity index (χ4n) is 2.69. The summed E-state index contributed by atoms with van der Waals surface area (Å²) in [6.07, 6.45) is 1.48. The maximum Gasteiger partial charge on any atom is 0.128 e. The van der Waals surface area contributed by atoms with Gasteiger partial charge in [0.05, 0.1) is 18.8 Å². The van der Waals surface area contributed by atoms with E-state index in [-0.39, 0.29) is 6.10 Å². The second kappa shape index (κ2) is 4.90. The van der Waals surface area contributed by atoms with Gasteiger partial charge in [-0.1, -0.05) is 12.1 Å². The van der Waals surface area contributed by atoms with Crippen LogP contribution in [0.5, 0.6) is 5.75 Å². The van der Waals surface area contributed by atoms with Crippen molar-refractivity contribution in [2.75, 3.05) is 13.7 Å². The van der Waals surface area contributed by atoms with E-state index in [9.17, 15) is 5.11 Å². The highest BCUT2D eigenvalue weighted by Crippen LogP contribution is 2.47. The van der Waals surface area contributed by atoms with Gasteiger partial charge in [0.2, 0.25) is 0 Å². The van der Waals surface area contributed by atoms with Gasteiger partial charge in [0.25, 0.3) is 0 Å². The maximum atomic E-state index is 10.6. The highest BCUT2D eigenvalue weighted by molar-refractivity contribution is 5.48. The van der Waals surface area contributed by atoms with Crippen molar-refractivity contribution in [3.05, 3.63) is 28.8 Å². The molecule has 0 unspecified atom stereocenters. The van der Waals surface area contributed by atoms with Gasteiger partial charge in [-0.05, 0) is 31.9 Å². The molecule has 0 aliphatic heterocycles. The SMILES string of the molecule is CCOC1CC(O)(c2ccc(C)c(C)c2OC)C1. The number of rotatable bonds is 4. The van der Waals surface area contributed by atoms with Crippen LogP contribution in [0.3, 0.4) is 0 Å². The van der Waals surface area contributed by atoms with E-state index in [1.165, 1.54) is 5.56 Å². The van der Waals surface area contributed by atoms with Crippen LogP contribution < -0.4 is 4.74 Å². The molecular weight excluding hydrogens is 228 g/mol. The van der Waals surface area contributed by atoms with Crippen molar-refractivity contribution in [1.29, 1.82) is 0 Å². The fourth-order valence-corrected chi connectivity index (χ4v) is 2.69. The van der Waals surface area contributed by atoms with Crippen LogP contribution in [0, 0.1) is 13.8 Å².